The number of carbonyl (C=O) groups is 1. The Hall–Kier alpha value is -0.770. The average molecular weight is 173 g/mol. The predicted octanol–water partition coefficient (Wildman–Crippen LogP) is 0.600. The molecular weight excluding hydrogens is 158 g/mol. The molecule has 4 heteroatoms. The predicted molar refractivity (Wildman–Crippen MR) is 43.8 cm³/mol. The second kappa shape index (κ2) is 4.30. The van der Waals surface area contributed by atoms with Crippen molar-refractivity contribution in [2.24, 2.45) is 0 Å². The number of hydrogen-bond donors (Lipinski definition) is 1. The Balaban J connectivity index is 2.26. The summed E-state index contributed by atoms with van der Waals surface area (Å²) < 4.78 is 4.78. The monoisotopic (exact) mass is 173 g/mol. The van der Waals surface area contributed by atoms with E-state index in [0.29, 0.717) is 12.6 Å². The number of rotatable bonds is 4. The summed E-state index contributed by atoms with van der Waals surface area (Å²) in [5.41, 5.74) is 0. The van der Waals surface area contributed by atoms with Gasteiger partial charge in [-0.05, 0) is 19.8 Å². The molecule has 0 atom stereocenters. The van der Waals surface area contributed by atoms with E-state index in [2.05, 4.69) is 0 Å². The molecule has 0 unspecified atom stereocenters. The minimum absolute atomic E-state index is 0.0993. The molecule has 0 radical (unpaired) electrons. The fourth-order valence-electron chi connectivity index (χ4n) is 1.14. The van der Waals surface area contributed by atoms with E-state index in [9.17, 15) is 4.79 Å². The van der Waals surface area contributed by atoms with Crippen molar-refractivity contribution in [3.8, 4) is 0 Å². The van der Waals surface area contributed by atoms with Gasteiger partial charge in [0.15, 0.2) is 0 Å². The molecule has 0 bridgehead atoms. The van der Waals surface area contributed by atoms with Gasteiger partial charge in [0.2, 0.25) is 0 Å². The second-order valence-corrected chi connectivity index (χ2v) is 2.86. The lowest BCUT2D eigenvalue weighted by molar-refractivity contribution is 0.0836. The first-order valence-electron chi connectivity index (χ1n) is 4.33. The third kappa shape index (κ3) is 2.37. The molecule has 0 aromatic rings. The van der Waals surface area contributed by atoms with Crippen LogP contribution in [-0.4, -0.2) is 41.9 Å². The van der Waals surface area contributed by atoms with Crippen LogP contribution in [0, 0.1) is 0 Å². The molecule has 1 saturated carbocycles. The molecule has 1 amide bonds. The summed E-state index contributed by atoms with van der Waals surface area (Å²) >= 11 is 0. The lowest BCUT2D eigenvalue weighted by Crippen LogP contribution is -2.33. The standard InChI is InChI=1S/C8H15NO3/c1-2-9(7-3-4-7)8(11)12-6-5-10/h7,10H,2-6H2,1H3. The van der Waals surface area contributed by atoms with E-state index >= 15 is 0 Å². The Morgan fingerprint density at radius 1 is 1.67 bits per heavy atom. The van der Waals surface area contributed by atoms with Crippen LogP contribution in [0.3, 0.4) is 0 Å². The van der Waals surface area contributed by atoms with Crippen molar-refractivity contribution in [1.29, 1.82) is 0 Å². The summed E-state index contributed by atoms with van der Waals surface area (Å²) in [7, 11) is 0. The first-order valence-corrected chi connectivity index (χ1v) is 4.33. The first-order chi connectivity index (χ1) is 5.79. The number of hydrogen-bond acceptors (Lipinski definition) is 3. The largest absolute Gasteiger partial charge is 0.447 e. The number of nitrogens with zero attached hydrogens (tertiary/aromatic N) is 1. The van der Waals surface area contributed by atoms with Crippen molar-refractivity contribution in [2.75, 3.05) is 19.8 Å². The zero-order valence-corrected chi connectivity index (χ0v) is 7.32. The molecule has 0 spiro atoms. The van der Waals surface area contributed by atoms with Gasteiger partial charge in [-0.1, -0.05) is 0 Å². The number of ether oxygens (including phenoxy) is 1. The van der Waals surface area contributed by atoms with E-state index < -0.39 is 0 Å². The van der Waals surface area contributed by atoms with Crippen LogP contribution in [0.15, 0.2) is 0 Å². The molecule has 0 heterocycles. The normalized spacial score (nSPS) is 15.8. The van der Waals surface area contributed by atoms with E-state index in [0.717, 1.165) is 12.8 Å². The van der Waals surface area contributed by atoms with Crippen LogP contribution in [0.4, 0.5) is 4.79 Å². The van der Waals surface area contributed by atoms with E-state index in [4.69, 9.17) is 9.84 Å². The molecule has 0 aromatic carbocycles. The zero-order chi connectivity index (χ0) is 8.97. The Labute approximate surface area is 72.1 Å². The molecule has 1 aliphatic rings. The summed E-state index contributed by atoms with van der Waals surface area (Å²) in [5.74, 6) is 0. The van der Waals surface area contributed by atoms with Crippen molar-refractivity contribution in [3.63, 3.8) is 0 Å². The van der Waals surface area contributed by atoms with Crippen LogP contribution in [0.5, 0.6) is 0 Å². The molecule has 0 aromatic heterocycles. The van der Waals surface area contributed by atoms with E-state index in [1.54, 1.807) is 4.90 Å². The highest BCUT2D eigenvalue weighted by atomic mass is 16.6. The minimum Gasteiger partial charge on any atom is -0.447 e. The van der Waals surface area contributed by atoms with Crippen molar-refractivity contribution in [1.82, 2.24) is 4.90 Å². The SMILES string of the molecule is CCN(C(=O)OCCO)C1CC1. The summed E-state index contributed by atoms with van der Waals surface area (Å²) in [4.78, 5) is 12.9. The third-order valence-electron chi connectivity index (χ3n) is 1.88. The maximum Gasteiger partial charge on any atom is 0.410 e. The molecule has 1 fully saturated rings. The topological polar surface area (TPSA) is 49.8 Å². The van der Waals surface area contributed by atoms with Crippen molar-refractivity contribution in [3.05, 3.63) is 0 Å². The maximum atomic E-state index is 11.2. The number of aliphatic hydroxyl groups excluding tert-OH is 1. The smallest absolute Gasteiger partial charge is 0.410 e. The molecule has 70 valence electrons. The minimum atomic E-state index is -0.297. The molecule has 0 aliphatic heterocycles. The molecule has 1 aliphatic carbocycles. The fourth-order valence-corrected chi connectivity index (χ4v) is 1.14. The first kappa shape index (κ1) is 9.32. The van der Waals surface area contributed by atoms with Crippen molar-refractivity contribution < 1.29 is 14.6 Å². The van der Waals surface area contributed by atoms with Crippen LogP contribution < -0.4 is 0 Å². The summed E-state index contributed by atoms with van der Waals surface area (Å²) in [6, 6.07) is 0.390. The van der Waals surface area contributed by atoms with Gasteiger partial charge in [0.05, 0.1) is 6.61 Å². The van der Waals surface area contributed by atoms with Gasteiger partial charge in [-0.25, -0.2) is 4.79 Å². The van der Waals surface area contributed by atoms with Gasteiger partial charge in [0, 0.05) is 12.6 Å². The third-order valence-corrected chi connectivity index (χ3v) is 1.88. The Morgan fingerprint density at radius 2 is 2.33 bits per heavy atom. The summed E-state index contributed by atoms with van der Waals surface area (Å²) in [5, 5.41) is 8.43. The maximum absolute atomic E-state index is 11.2. The van der Waals surface area contributed by atoms with E-state index in [-0.39, 0.29) is 19.3 Å². The Kier molecular flexibility index (Phi) is 3.34. The highest BCUT2D eigenvalue weighted by Crippen LogP contribution is 2.26. The second-order valence-electron chi connectivity index (χ2n) is 2.86. The Morgan fingerprint density at radius 3 is 2.75 bits per heavy atom. The molecule has 4 nitrogen and oxygen atoms in total. The van der Waals surface area contributed by atoms with Gasteiger partial charge in [-0.15, -0.1) is 0 Å². The molecule has 12 heavy (non-hydrogen) atoms. The van der Waals surface area contributed by atoms with Gasteiger partial charge >= 0.3 is 6.09 Å². The van der Waals surface area contributed by atoms with E-state index in [1.807, 2.05) is 6.92 Å². The van der Waals surface area contributed by atoms with Gasteiger partial charge in [-0.3, -0.25) is 0 Å². The van der Waals surface area contributed by atoms with Crippen LogP contribution >= 0.6 is 0 Å². The average Bonchev–Trinajstić information content (AvgIpc) is 2.86. The molecule has 1 rings (SSSR count). The van der Waals surface area contributed by atoms with Gasteiger partial charge in [-0.2, -0.15) is 0 Å². The highest BCUT2D eigenvalue weighted by molar-refractivity contribution is 5.68. The number of amides is 1. The van der Waals surface area contributed by atoms with Crippen LogP contribution in [0.25, 0.3) is 0 Å². The van der Waals surface area contributed by atoms with Crippen molar-refractivity contribution >= 4 is 6.09 Å². The lowest BCUT2D eigenvalue weighted by atomic mass is 10.5. The summed E-state index contributed by atoms with van der Waals surface area (Å²) in [6.07, 6.45) is 1.87. The summed E-state index contributed by atoms with van der Waals surface area (Å²) in [6.45, 7) is 2.61. The lowest BCUT2D eigenvalue weighted by Gasteiger charge is -2.19. The molecular formula is C8H15NO3. The number of aliphatic hydroxyl groups is 1. The zero-order valence-electron chi connectivity index (χ0n) is 7.32. The van der Waals surface area contributed by atoms with Crippen molar-refractivity contribution in [2.45, 2.75) is 25.8 Å². The fraction of sp³-hybridized carbons (Fsp3) is 0.875. The van der Waals surface area contributed by atoms with Crippen LogP contribution in [0.2, 0.25) is 0 Å². The molecule has 0 saturated heterocycles. The van der Waals surface area contributed by atoms with Gasteiger partial charge in [0.25, 0.3) is 0 Å². The van der Waals surface area contributed by atoms with Gasteiger partial charge in [0.1, 0.15) is 6.61 Å². The highest BCUT2D eigenvalue weighted by Gasteiger charge is 2.32. The van der Waals surface area contributed by atoms with Crippen LogP contribution in [0.1, 0.15) is 19.8 Å². The number of carbonyl (C=O) groups excluding carboxylic acids is 1. The quantitative estimate of drug-likeness (QED) is 0.677. The molecule has 1 N–H and O–H groups in total. The van der Waals surface area contributed by atoms with Gasteiger partial charge < -0.3 is 14.7 Å². The van der Waals surface area contributed by atoms with E-state index in [1.165, 1.54) is 0 Å². The Bertz CT molecular complexity index is 156. The van der Waals surface area contributed by atoms with Crippen LogP contribution in [-0.2, 0) is 4.74 Å².